The smallest absolute Gasteiger partial charge is 0.165 e. The van der Waals surface area contributed by atoms with Gasteiger partial charge in [0.1, 0.15) is 11.8 Å². The molecule has 0 heterocycles. The van der Waals surface area contributed by atoms with Crippen LogP contribution >= 0.6 is 15.9 Å². The minimum absolute atomic E-state index is 0.0615. The third-order valence-electron chi connectivity index (χ3n) is 2.51. The number of nitrogens with zero attached hydrogens (tertiary/aromatic N) is 1. The third-order valence-corrected chi connectivity index (χ3v) is 3.01. The van der Waals surface area contributed by atoms with Gasteiger partial charge in [0.15, 0.2) is 11.6 Å². The van der Waals surface area contributed by atoms with Gasteiger partial charge in [0, 0.05) is 11.0 Å². The van der Waals surface area contributed by atoms with Gasteiger partial charge in [0.05, 0.1) is 5.56 Å². The molecule has 0 amide bonds. The number of nitriles is 1. The average Bonchev–Trinajstić information content (AvgIpc) is 2.43. The molecule has 0 spiro atoms. The summed E-state index contributed by atoms with van der Waals surface area (Å²) >= 11 is 3.24. The van der Waals surface area contributed by atoms with Crippen molar-refractivity contribution in [1.82, 2.24) is 0 Å². The lowest BCUT2D eigenvalue weighted by atomic mass is 10.1. The first-order valence-corrected chi connectivity index (χ1v) is 6.29. The van der Waals surface area contributed by atoms with Crippen LogP contribution in [0.25, 0.3) is 0 Å². The molecule has 0 aliphatic carbocycles. The number of halogens is 2. The molecule has 96 valence electrons. The second kappa shape index (κ2) is 5.83. The summed E-state index contributed by atoms with van der Waals surface area (Å²) in [6, 6.07) is 11.4. The molecule has 0 aliphatic rings. The van der Waals surface area contributed by atoms with Gasteiger partial charge in [-0.05, 0) is 35.9 Å². The van der Waals surface area contributed by atoms with E-state index >= 15 is 0 Å². The summed E-state index contributed by atoms with van der Waals surface area (Å²) in [4.78, 5) is 0. The fourth-order valence-electron chi connectivity index (χ4n) is 1.55. The fourth-order valence-corrected chi connectivity index (χ4v) is 1.89. The molecule has 0 aliphatic heterocycles. The van der Waals surface area contributed by atoms with E-state index in [2.05, 4.69) is 15.9 Å². The normalized spacial score (nSPS) is 10.0. The Morgan fingerprint density at radius 3 is 2.68 bits per heavy atom. The molecule has 0 saturated heterocycles. The molecular weight excluding hydrogens is 311 g/mol. The molecule has 5 heteroatoms. The number of hydrogen-bond acceptors (Lipinski definition) is 3. The van der Waals surface area contributed by atoms with Crippen LogP contribution in [0.5, 0.6) is 11.5 Å². The monoisotopic (exact) mass is 320 g/mol. The van der Waals surface area contributed by atoms with Gasteiger partial charge < -0.3 is 10.5 Å². The first-order chi connectivity index (χ1) is 9.13. The van der Waals surface area contributed by atoms with Crippen molar-refractivity contribution in [2.45, 2.75) is 6.54 Å². The summed E-state index contributed by atoms with van der Waals surface area (Å²) in [6.45, 7) is 0.334. The zero-order valence-electron chi connectivity index (χ0n) is 9.86. The number of hydrogen-bond donors (Lipinski definition) is 1. The maximum absolute atomic E-state index is 13.6. The Morgan fingerprint density at radius 2 is 2.00 bits per heavy atom. The lowest BCUT2D eigenvalue weighted by molar-refractivity contribution is 0.440. The quantitative estimate of drug-likeness (QED) is 0.937. The molecule has 2 aromatic carbocycles. The summed E-state index contributed by atoms with van der Waals surface area (Å²) in [5.74, 6) is -0.127. The molecule has 0 saturated carbocycles. The van der Waals surface area contributed by atoms with Gasteiger partial charge in [-0.2, -0.15) is 5.26 Å². The van der Waals surface area contributed by atoms with E-state index < -0.39 is 5.82 Å². The Bertz CT molecular complexity index is 652. The molecule has 0 radical (unpaired) electrons. The van der Waals surface area contributed by atoms with Crippen LogP contribution in [0.4, 0.5) is 4.39 Å². The predicted octanol–water partition coefficient (Wildman–Crippen LogP) is 3.71. The van der Waals surface area contributed by atoms with E-state index in [9.17, 15) is 4.39 Å². The minimum Gasteiger partial charge on any atom is -0.453 e. The summed E-state index contributed by atoms with van der Waals surface area (Å²) in [5.41, 5.74) is 6.64. The molecule has 2 aromatic rings. The van der Waals surface area contributed by atoms with E-state index in [1.807, 2.05) is 6.07 Å². The molecule has 0 fully saturated rings. The van der Waals surface area contributed by atoms with E-state index in [1.165, 1.54) is 12.1 Å². The maximum Gasteiger partial charge on any atom is 0.165 e. The first-order valence-electron chi connectivity index (χ1n) is 5.50. The van der Waals surface area contributed by atoms with Gasteiger partial charge in [-0.1, -0.05) is 22.0 Å². The lowest BCUT2D eigenvalue weighted by Gasteiger charge is -2.09. The van der Waals surface area contributed by atoms with Gasteiger partial charge in [0.2, 0.25) is 0 Å². The van der Waals surface area contributed by atoms with Crippen LogP contribution in [0.3, 0.4) is 0 Å². The highest BCUT2D eigenvalue weighted by Crippen LogP contribution is 2.30. The molecule has 2 rings (SSSR count). The summed E-state index contributed by atoms with van der Waals surface area (Å²) < 4.78 is 19.7. The van der Waals surface area contributed by atoms with Crippen molar-refractivity contribution in [1.29, 1.82) is 5.26 Å². The van der Waals surface area contributed by atoms with E-state index in [0.717, 1.165) is 5.56 Å². The lowest BCUT2D eigenvalue weighted by Crippen LogP contribution is -1.98. The van der Waals surface area contributed by atoms with Gasteiger partial charge >= 0.3 is 0 Å². The highest BCUT2D eigenvalue weighted by Gasteiger charge is 2.09. The van der Waals surface area contributed by atoms with Gasteiger partial charge in [-0.25, -0.2) is 4.39 Å². The van der Waals surface area contributed by atoms with Crippen LogP contribution in [0.15, 0.2) is 40.9 Å². The largest absolute Gasteiger partial charge is 0.453 e. The first kappa shape index (κ1) is 13.5. The predicted molar refractivity (Wildman–Crippen MR) is 73.2 cm³/mol. The summed E-state index contributed by atoms with van der Waals surface area (Å²) in [7, 11) is 0. The molecule has 3 nitrogen and oxygen atoms in total. The van der Waals surface area contributed by atoms with E-state index in [-0.39, 0.29) is 5.75 Å². The van der Waals surface area contributed by atoms with Crippen molar-refractivity contribution < 1.29 is 9.13 Å². The van der Waals surface area contributed by atoms with Crippen LogP contribution in [0, 0.1) is 17.1 Å². The Kier molecular flexibility index (Phi) is 4.15. The molecular formula is C14H10BrFN2O. The number of ether oxygens (including phenoxy) is 1. The van der Waals surface area contributed by atoms with Crippen molar-refractivity contribution >= 4 is 15.9 Å². The van der Waals surface area contributed by atoms with Crippen LogP contribution in [-0.2, 0) is 6.54 Å². The highest BCUT2D eigenvalue weighted by atomic mass is 79.9. The van der Waals surface area contributed by atoms with Crippen molar-refractivity contribution in [2.75, 3.05) is 0 Å². The van der Waals surface area contributed by atoms with Crippen molar-refractivity contribution in [3.63, 3.8) is 0 Å². The number of nitrogens with two attached hydrogens (primary N) is 1. The van der Waals surface area contributed by atoms with Gasteiger partial charge in [-0.15, -0.1) is 0 Å². The van der Waals surface area contributed by atoms with Crippen LogP contribution in [0.2, 0.25) is 0 Å². The average molecular weight is 321 g/mol. The molecule has 2 N–H and O–H groups in total. The molecule has 19 heavy (non-hydrogen) atoms. The van der Waals surface area contributed by atoms with Crippen molar-refractivity contribution in [3.8, 4) is 17.6 Å². The zero-order valence-corrected chi connectivity index (χ0v) is 11.4. The van der Waals surface area contributed by atoms with E-state index in [1.54, 1.807) is 24.3 Å². The minimum atomic E-state index is -0.491. The van der Waals surface area contributed by atoms with Crippen LogP contribution in [-0.4, -0.2) is 0 Å². The number of rotatable bonds is 3. The Morgan fingerprint density at radius 1 is 1.21 bits per heavy atom. The summed E-state index contributed by atoms with van der Waals surface area (Å²) in [5, 5.41) is 9.07. The standard InChI is InChI=1S/C14H10BrFN2O/c15-11-2-3-12(16)14(6-11)19-13-4-1-9(7-17)5-10(13)8-18/h1-6H,7,17H2. The molecule has 0 atom stereocenters. The fraction of sp³-hybridized carbons (Fsp3) is 0.0714. The third kappa shape index (κ3) is 3.11. The second-order valence-electron chi connectivity index (χ2n) is 3.82. The Hall–Kier alpha value is -1.90. The molecule has 0 aromatic heterocycles. The second-order valence-corrected chi connectivity index (χ2v) is 4.74. The topological polar surface area (TPSA) is 59.0 Å². The van der Waals surface area contributed by atoms with Crippen LogP contribution in [0.1, 0.15) is 11.1 Å². The van der Waals surface area contributed by atoms with Crippen molar-refractivity contribution in [2.24, 2.45) is 5.73 Å². The van der Waals surface area contributed by atoms with E-state index in [0.29, 0.717) is 22.3 Å². The van der Waals surface area contributed by atoms with Gasteiger partial charge in [-0.3, -0.25) is 0 Å². The Labute approximate surface area is 118 Å². The maximum atomic E-state index is 13.6. The SMILES string of the molecule is N#Cc1cc(CN)ccc1Oc1cc(Br)ccc1F. The number of benzene rings is 2. The highest BCUT2D eigenvalue weighted by molar-refractivity contribution is 9.10. The van der Waals surface area contributed by atoms with Crippen molar-refractivity contribution in [3.05, 3.63) is 57.8 Å². The zero-order chi connectivity index (χ0) is 13.8. The molecule has 0 bridgehead atoms. The van der Waals surface area contributed by atoms with Gasteiger partial charge in [0.25, 0.3) is 0 Å². The Balaban J connectivity index is 2.38. The summed E-state index contributed by atoms with van der Waals surface area (Å²) in [6.07, 6.45) is 0. The van der Waals surface area contributed by atoms with E-state index in [4.69, 9.17) is 15.7 Å². The van der Waals surface area contributed by atoms with Crippen LogP contribution < -0.4 is 10.5 Å². The molecule has 0 unspecified atom stereocenters.